The quantitative estimate of drug-likeness (QED) is 0.448. The summed E-state index contributed by atoms with van der Waals surface area (Å²) in [4.78, 5) is 24.9. The number of carbonyl (C=O) groups is 1. The molecule has 0 fully saturated rings. The van der Waals surface area contributed by atoms with Crippen LogP contribution in [0.1, 0.15) is 23.7 Å². The van der Waals surface area contributed by atoms with E-state index in [1.54, 1.807) is 18.5 Å². The summed E-state index contributed by atoms with van der Waals surface area (Å²) in [5, 5.41) is 15.2. The number of likely N-dealkylation sites (N-methyl/N-ethyl adjacent to an activating group) is 1. The number of aryl methyl sites for hydroxylation is 2. The highest BCUT2D eigenvalue weighted by Crippen LogP contribution is 2.31. The fraction of sp³-hybridized carbons (Fsp3) is 0.208. The number of hydrogen-bond acceptors (Lipinski definition) is 7. The molecule has 33 heavy (non-hydrogen) atoms. The molecule has 0 bridgehead atoms. The fourth-order valence-electron chi connectivity index (χ4n) is 3.35. The van der Waals surface area contributed by atoms with Crippen LogP contribution in [-0.2, 0) is 18.3 Å². The maximum atomic E-state index is 11.8. The van der Waals surface area contributed by atoms with E-state index in [4.69, 9.17) is 10.00 Å². The predicted octanol–water partition coefficient (Wildman–Crippen LogP) is 3.76. The number of nitriles is 1. The summed E-state index contributed by atoms with van der Waals surface area (Å²) in [5.74, 6) is 0.886. The SMILES string of the molecule is CCNC(=O)Cc1ccc(Nc2cc(Oc3cnc(C#N)cc3C)nc3c2ncn3C)cc1. The number of imidazole rings is 1. The van der Waals surface area contributed by atoms with Crippen LogP contribution in [0.2, 0.25) is 0 Å². The van der Waals surface area contributed by atoms with Gasteiger partial charge in [0.2, 0.25) is 11.8 Å². The monoisotopic (exact) mass is 441 g/mol. The van der Waals surface area contributed by atoms with Crippen LogP contribution >= 0.6 is 0 Å². The molecule has 4 rings (SSSR count). The second-order valence-electron chi connectivity index (χ2n) is 7.54. The van der Waals surface area contributed by atoms with Gasteiger partial charge < -0.3 is 19.9 Å². The van der Waals surface area contributed by atoms with Crippen LogP contribution in [0.4, 0.5) is 11.4 Å². The van der Waals surface area contributed by atoms with E-state index >= 15 is 0 Å². The molecule has 9 heteroatoms. The number of fused-ring (bicyclic) bond motifs is 1. The van der Waals surface area contributed by atoms with E-state index < -0.39 is 0 Å². The number of amides is 1. The van der Waals surface area contributed by atoms with Crippen molar-refractivity contribution in [1.29, 1.82) is 5.26 Å². The number of hydrogen-bond donors (Lipinski definition) is 2. The van der Waals surface area contributed by atoms with Crippen molar-refractivity contribution in [3.05, 3.63) is 65.7 Å². The third-order valence-electron chi connectivity index (χ3n) is 5.01. The molecule has 1 amide bonds. The predicted molar refractivity (Wildman–Crippen MR) is 124 cm³/mol. The second kappa shape index (κ2) is 9.36. The number of ether oxygens (including phenoxy) is 1. The van der Waals surface area contributed by atoms with Gasteiger partial charge in [0.25, 0.3) is 0 Å². The molecule has 0 atom stereocenters. The smallest absolute Gasteiger partial charge is 0.224 e. The third-order valence-corrected chi connectivity index (χ3v) is 5.01. The number of benzene rings is 1. The molecule has 0 unspecified atom stereocenters. The summed E-state index contributed by atoms with van der Waals surface area (Å²) in [6, 6.07) is 13.1. The van der Waals surface area contributed by atoms with Gasteiger partial charge in [-0.2, -0.15) is 10.2 Å². The van der Waals surface area contributed by atoms with Gasteiger partial charge in [-0.15, -0.1) is 0 Å². The fourth-order valence-corrected chi connectivity index (χ4v) is 3.35. The first-order chi connectivity index (χ1) is 16.0. The molecule has 0 spiro atoms. The van der Waals surface area contributed by atoms with Gasteiger partial charge in [-0.1, -0.05) is 12.1 Å². The Labute approximate surface area is 191 Å². The van der Waals surface area contributed by atoms with Gasteiger partial charge in [-0.3, -0.25) is 4.79 Å². The summed E-state index contributed by atoms with van der Waals surface area (Å²) in [7, 11) is 1.86. The summed E-state index contributed by atoms with van der Waals surface area (Å²) < 4.78 is 7.81. The molecule has 0 saturated carbocycles. The number of carbonyl (C=O) groups excluding carboxylic acids is 1. The number of nitrogens with one attached hydrogen (secondary N) is 2. The Hall–Kier alpha value is -4.45. The number of nitrogens with zero attached hydrogens (tertiary/aromatic N) is 5. The molecule has 4 aromatic rings. The van der Waals surface area contributed by atoms with Crippen LogP contribution in [0, 0.1) is 18.3 Å². The van der Waals surface area contributed by atoms with E-state index in [0.29, 0.717) is 41.5 Å². The lowest BCUT2D eigenvalue weighted by molar-refractivity contribution is -0.120. The molecular formula is C24H23N7O2. The lowest BCUT2D eigenvalue weighted by Gasteiger charge is -2.12. The van der Waals surface area contributed by atoms with Gasteiger partial charge >= 0.3 is 0 Å². The maximum absolute atomic E-state index is 11.8. The van der Waals surface area contributed by atoms with E-state index in [9.17, 15) is 4.79 Å². The molecule has 2 N–H and O–H groups in total. The van der Waals surface area contributed by atoms with Crippen molar-refractivity contribution in [3.8, 4) is 17.7 Å². The van der Waals surface area contributed by atoms with Crippen LogP contribution in [0.3, 0.4) is 0 Å². The zero-order valence-electron chi connectivity index (χ0n) is 18.6. The van der Waals surface area contributed by atoms with Crippen molar-refractivity contribution >= 4 is 28.4 Å². The zero-order chi connectivity index (χ0) is 23.4. The van der Waals surface area contributed by atoms with E-state index in [0.717, 1.165) is 22.5 Å². The molecular weight excluding hydrogens is 418 g/mol. The number of pyridine rings is 2. The van der Waals surface area contributed by atoms with Crippen molar-refractivity contribution in [2.45, 2.75) is 20.3 Å². The Bertz CT molecular complexity index is 1350. The van der Waals surface area contributed by atoms with Gasteiger partial charge in [0.05, 0.1) is 24.6 Å². The van der Waals surface area contributed by atoms with Gasteiger partial charge in [-0.25, -0.2) is 9.97 Å². The van der Waals surface area contributed by atoms with Crippen LogP contribution in [-0.4, -0.2) is 32.0 Å². The standard InChI is InChI=1S/C24H23N7O2/c1-4-26-21(32)10-16-5-7-17(8-6-16)29-19-11-22(30-24-23(19)28-14-31(24)3)33-20-13-27-18(12-25)9-15(20)2/h5-9,11,13-14H,4,10H2,1-3H3,(H,26,32)(H,29,30). The van der Waals surface area contributed by atoms with Gasteiger partial charge in [0.15, 0.2) is 11.4 Å². The van der Waals surface area contributed by atoms with Crippen molar-refractivity contribution in [2.75, 3.05) is 11.9 Å². The van der Waals surface area contributed by atoms with E-state index in [2.05, 4.69) is 25.6 Å². The van der Waals surface area contributed by atoms with Gasteiger partial charge in [0, 0.05) is 25.3 Å². The Morgan fingerprint density at radius 2 is 2.00 bits per heavy atom. The number of anilines is 2. The van der Waals surface area contributed by atoms with Crippen LogP contribution in [0.15, 0.2) is 48.9 Å². The molecule has 0 aliphatic rings. The maximum Gasteiger partial charge on any atom is 0.224 e. The molecule has 0 saturated heterocycles. The highest BCUT2D eigenvalue weighted by atomic mass is 16.5. The molecule has 1 aromatic carbocycles. The molecule has 166 valence electrons. The summed E-state index contributed by atoms with van der Waals surface area (Å²) in [6.45, 7) is 4.36. The highest BCUT2D eigenvalue weighted by Gasteiger charge is 2.14. The minimum Gasteiger partial charge on any atom is -0.437 e. The number of aromatic nitrogens is 4. The lowest BCUT2D eigenvalue weighted by Crippen LogP contribution is -2.24. The zero-order valence-corrected chi connectivity index (χ0v) is 18.6. The van der Waals surface area contributed by atoms with Crippen LogP contribution in [0.5, 0.6) is 11.6 Å². The molecule has 3 aromatic heterocycles. The van der Waals surface area contributed by atoms with Crippen molar-refractivity contribution in [3.63, 3.8) is 0 Å². The Morgan fingerprint density at radius 1 is 1.21 bits per heavy atom. The average Bonchev–Trinajstić information content (AvgIpc) is 3.17. The van der Waals surface area contributed by atoms with Crippen molar-refractivity contribution in [2.24, 2.45) is 7.05 Å². The Kier molecular flexibility index (Phi) is 6.17. The van der Waals surface area contributed by atoms with E-state index in [-0.39, 0.29) is 5.91 Å². The molecule has 0 radical (unpaired) electrons. The van der Waals surface area contributed by atoms with E-state index in [1.807, 2.05) is 55.8 Å². The molecule has 3 heterocycles. The summed E-state index contributed by atoms with van der Waals surface area (Å²) in [5.41, 5.74) is 4.96. The topological polar surface area (TPSA) is 118 Å². The Balaban J connectivity index is 1.61. The minimum atomic E-state index is -0.00286. The lowest BCUT2D eigenvalue weighted by atomic mass is 10.1. The summed E-state index contributed by atoms with van der Waals surface area (Å²) in [6.07, 6.45) is 3.55. The first-order valence-electron chi connectivity index (χ1n) is 10.5. The summed E-state index contributed by atoms with van der Waals surface area (Å²) >= 11 is 0. The third kappa shape index (κ3) is 4.91. The Morgan fingerprint density at radius 3 is 2.70 bits per heavy atom. The normalized spacial score (nSPS) is 10.6. The van der Waals surface area contributed by atoms with Crippen LogP contribution < -0.4 is 15.4 Å². The first kappa shape index (κ1) is 21.8. The molecule has 0 aliphatic carbocycles. The second-order valence-corrected chi connectivity index (χ2v) is 7.54. The molecule has 9 nitrogen and oxygen atoms in total. The van der Waals surface area contributed by atoms with Crippen LogP contribution in [0.25, 0.3) is 11.2 Å². The average molecular weight is 441 g/mol. The minimum absolute atomic E-state index is 0.00286. The largest absolute Gasteiger partial charge is 0.437 e. The first-order valence-corrected chi connectivity index (χ1v) is 10.5. The van der Waals surface area contributed by atoms with Gasteiger partial charge in [0.1, 0.15) is 17.3 Å². The molecule has 0 aliphatic heterocycles. The highest BCUT2D eigenvalue weighted by molar-refractivity contribution is 5.89. The van der Waals surface area contributed by atoms with E-state index in [1.165, 1.54) is 6.20 Å². The van der Waals surface area contributed by atoms with Gasteiger partial charge in [-0.05, 0) is 43.2 Å². The van der Waals surface area contributed by atoms with Crippen molar-refractivity contribution in [1.82, 2.24) is 24.8 Å². The van der Waals surface area contributed by atoms with Crippen molar-refractivity contribution < 1.29 is 9.53 Å². The number of rotatable bonds is 7.